The van der Waals surface area contributed by atoms with E-state index in [0.717, 1.165) is 66.4 Å². The van der Waals surface area contributed by atoms with E-state index in [0.29, 0.717) is 17.5 Å². The minimum Gasteiger partial charge on any atom is -0.456 e. The SMILES string of the molecule is Cc1ccccc1-c1ccc(-c2nc(-c3ccccc3)nc(-c3cc4oc5cccc(-c6cccc(-c7ccccc7)c6)c5c4cc3-c3ccccc3)n2)cc1. The lowest BCUT2D eigenvalue weighted by molar-refractivity contribution is 0.669. The Morgan fingerprint density at radius 2 is 0.839 bits per heavy atom. The molecule has 0 unspecified atom stereocenters. The van der Waals surface area contributed by atoms with Gasteiger partial charge < -0.3 is 4.42 Å². The van der Waals surface area contributed by atoms with Gasteiger partial charge in [0.1, 0.15) is 11.2 Å². The fraction of sp³-hybridized carbons (Fsp3) is 0.0192. The number of aryl methyl sites for hydroxylation is 1. The first-order chi connectivity index (χ1) is 27.7. The Kier molecular flexibility index (Phi) is 8.34. The van der Waals surface area contributed by atoms with Gasteiger partial charge in [-0.25, -0.2) is 15.0 Å². The lowest BCUT2D eigenvalue weighted by atomic mass is 9.93. The van der Waals surface area contributed by atoms with Gasteiger partial charge in [-0.1, -0.05) is 170 Å². The molecular formula is C52H35N3O. The molecular weight excluding hydrogens is 683 g/mol. The van der Waals surface area contributed by atoms with Crippen LogP contribution in [-0.2, 0) is 0 Å². The van der Waals surface area contributed by atoms with Crippen LogP contribution in [0.4, 0.5) is 0 Å². The highest BCUT2D eigenvalue weighted by Gasteiger charge is 2.21. The van der Waals surface area contributed by atoms with E-state index in [1.54, 1.807) is 0 Å². The van der Waals surface area contributed by atoms with Gasteiger partial charge in [-0.15, -0.1) is 0 Å². The maximum absolute atomic E-state index is 6.71. The zero-order valence-electron chi connectivity index (χ0n) is 30.7. The zero-order valence-corrected chi connectivity index (χ0v) is 30.7. The fourth-order valence-electron chi connectivity index (χ4n) is 7.69. The second-order valence-electron chi connectivity index (χ2n) is 14.1. The summed E-state index contributed by atoms with van der Waals surface area (Å²) in [4.78, 5) is 15.4. The second kappa shape index (κ2) is 14.1. The number of aromatic nitrogens is 3. The van der Waals surface area contributed by atoms with E-state index in [-0.39, 0.29) is 0 Å². The van der Waals surface area contributed by atoms with E-state index >= 15 is 0 Å². The molecule has 0 amide bonds. The first-order valence-corrected chi connectivity index (χ1v) is 18.9. The van der Waals surface area contributed by atoms with Crippen LogP contribution in [0.3, 0.4) is 0 Å². The predicted octanol–water partition coefficient (Wildman–Crippen LogP) is 13.7. The topological polar surface area (TPSA) is 51.8 Å². The molecule has 0 aliphatic rings. The lowest BCUT2D eigenvalue weighted by Crippen LogP contribution is -2.01. The normalized spacial score (nSPS) is 11.3. The van der Waals surface area contributed by atoms with Crippen LogP contribution >= 0.6 is 0 Å². The maximum atomic E-state index is 6.71. The Morgan fingerprint density at radius 1 is 0.321 bits per heavy atom. The van der Waals surface area contributed by atoms with Crippen LogP contribution in [0.2, 0.25) is 0 Å². The molecule has 264 valence electrons. The Morgan fingerprint density at radius 3 is 1.55 bits per heavy atom. The number of rotatable bonds is 7. The summed E-state index contributed by atoms with van der Waals surface area (Å²) in [6, 6.07) is 67.4. The van der Waals surface area contributed by atoms with Crippen molar-refractivity contribution in [1.82, 2.24) is 15.0 Å². The van der Waals surface area contributed by atoms with E-state index in [9.17, 15) is 0 Å². The molecule has 0 N–H and O–H groups in total. The average Bonchev–Trinajstić information content (AvgIpc) is 3.65. The van der Waals surface area contributed by atoms with Gasteiger partial charge >= 0.3 is 0 Å². The molecule has 0 bridgehead atoms. The van der Waals surface area contributed by atoms with Gasteiger partial charge in [0.25, 0.3) is 0 Å². The summed E-state index contributed by atoms with van der Waals surface area (Å²) >= 11 is 0. The number of benzene rings is 8. The monoisotopic (exact) mass is 717 g/mol. The molecule has 2 aromatic heterocycles. The minimum absolute atomic E-state index is 0.578. The summed E-state index contributed by atoms with van der Waals surface area (Å²) in [6.07, 6.45) is 0. The number of nitrogens with zero attached hydrogens (tertiary/aromatic N) is 3. The second-order valence-corrected chi connectivity index (χ2v) is 14.1. The molecule has 2 heterocycles. The van der Waals surface area contributed by atoms with E-state index in [1.807, 2.05) is 36.4 Å². The van der Waals surface area contributed by atoms with Crippen LogP contribution in [0, 0.1) is 6.92 Å². The van der Waals surface area contributed by atoms with E-state index in [2.05, 4.69) is 165 Å². The average molecular weight is 718 g/mol. The van der Waals surface area contributed by atoms with Gasteiger partial charge in [0, 0.05) is 27.5 Å². The van der Waals surface area contributed by atoms with Crippen molar-refractivity contribution >= 4 is 21.9 Å². The lowest BCUT2D eigenvalue weighted by Gasteiger charge is -2.13. The van der Waals surface area contributed by atoms with Crippen LogP contribution in [-0.4, -0.2) is 15.0 Å². The smallest absolute Gasteiger partial charge is 0.164 e. The molecule has 0 radical (unpaired) electrons. The third kappa shape index (κ3) is 6.13. The van der Waals surface area contributed by atoms with E-state index < -0.39 is 0 Å². The molecule has 10 aromatic rings. The Bertz CT molecular complexity index is 3010. The molecule has 0 saturated carbocycles. The van der Waals surface area contributed by atoms with Crippen LogP contribution < -0.4 is 0 Å². The molecule has 0 fully saturated rings. The van der Waals surface area contributed by atoms with E-state index in [4.69, 9.17) is 19.4 Å². The third-order valence-corrected chi connectivity index (χ3v) is 10.5. The number of hydrogen-bond acceptors (Lipinski definition) is 4. The molecule has 0 atom stereocenters. The summed E-state index contributed by atoms with van der Waals surface area (Å²) in [5, 5.41) is 2.11. The predicted molar refractivity (Wildman–Crippen MR) is 230 cm³/mol. The molecule has 4 heteroatoms. The molecule has 10 rings (SSSR count). The highest BCUT2D eigenvalue weighted by atomic mass is 16.3. The Labute approximate surface area is 325 Å². The fourth-order valence-corrected chi connectivity index (χ4v) is 7.69. The molecule has 0 saturated heterocycles. The van der Waals surface area contributed by atoms with Gasteiger partial charge in [-0.3, -0.25) is 0 Å². The van der Waals surface area contributed by atoms with Crippen LogP contribution in [0.5, 0.6) is 0 Å². The Hall–Kier alpha value is -7.43. The number of fused-ring (bicyclic) bond motifs is 3. The van der Waals surface area contributed by atoms with Gasteiger partial charge in [0.2, 0.25) is 0 Å². The molecule has 0 aliphatic carbocycles. The third-order valence-electron chi connectivity index (χ3n) is 10.5. The van der Waals surface area contributed by atoms with Gasteiger partial charge in [0.05, 0.1) is 0 Å². The number of hydrogen-bond donors (Lipinski definition) is 0. The number of furan rings is 1. The van der Waals surface area contributed by atoms with Gasteiger partial charge in [-0.2, -0.15) is 0 Å². The standard InChI is InChI=1S/C52H35N3O/c1-34-15-11-12-24-42(34)37-27-29-39(30-28-37)51-53-50(38-20-9-4-10-21-38)54-52(55-51)45-33-48-46(32-44(45)36-18-7-3-8-19-36)49-43(25-14-26-47(49)56-48)41-23-13-22-40(31-41)35-16-5-2-6-17-35/h2-33H,1H3. The largest absolute Gasteiger partial charge is 0.456 e. The highest BCUT2D eigenvalue weighted by molar-refractivity contribution is 6.14. The van der Waals surface area contributed by atoms with E-state index in [1.165, 1.54) is 22.3 Å². The zero-order chi connectivity index (χ0) is 37.4. The highest BCUT2D eigenvalue weighted by Crippen LogP contribution is 2.43. The van der Waals surface area contributed by atoms with Crippen LogP contribution in [0.15, 0.2) is 199 Å². The first kappa shape index (κ1) is 33.2. The summed E-state index contributed by atoms with van der Waals surface area (Å²) in [5.74, 6) is 1.79. The van der Waals surface area contributed by atoms with Crippen molar-refractivity contribution in [2.75, 3.05) is 0 Å². The molecule has 0 spiro atoms. The molecule has 56 heavy (non-hydrogen) atoms. The minimum atomic E-state index is 0.578. The first-order valence-electron chi connectivity index (χ1n) is 18.9. The van der Waals surface area contributed by atoms with Crippen molar-refractivity contribution in [3.8, 4) is 78.7 Å². The molecule has 4 nitrogen and oxygen atoms in total. The summed E-state index contributed by atoms with van der Waals surface area (Å²) < 4.78 is 6.71. The van der Waals surface area contributed by atoms with Crippen molar-refractivity contribution < 1.29 is 4.42 Å². The van der Waals surface area contributed by atoms with Crippen molar-refractivity contribution in [2.45, 2.75) is 6.92 Å². The van der Waals surface area contributed by atoms with Crippen LogP contribution in [0.25, 0.3) is 101 Å². The van der Waals surface area contributed by atoms with Crippen molar-refractivity contribution in [1.29, 1.82) is 0 Å². The van der Waals surface area contributed by atoms with Crippen molar-refractivity contribution in [3.63, 3.8) is 0 Å². The van der Waals surface area contributed by atoms with Crippen molar-refractivity contribution in [2.24, 2.45) is 0 Å². The maximum Gasteiger partial charge on any atom is 0.164 e. The molecule has 0 aliphatic heterocycles. The Balaban J connectivity index is 1.17. The summed E-state index contributed by atoms with van der Waals surface area (Å²) in [7, 11) is 0. The van der Waals surface area contributed by atoms with Gasteiger partial charge in [-0.05, 0) is 81.3 Å². The van der Waals surface area contributed by atoms with Crippen LogP contribution in [0.1, 0.15) is 5.56 Å². The quantitative estimate of drug-likeness (QED) is 0.165. The van der Waals surface area contributed by atoms with Crippen molar-refractivity contribution in [3.05, 3.63) is 200 Å². The van der Waals surface area contributed by atoms with Gasteiger partial charge in [0.15, 0.2) is 17.5 Å². The summed E-state index contributed by atoms with van der Waals surface area (Å²) in [6.45, 7) is 2.14. The summed E-state index contributed by atoms with van der Waals surface area (Å²) in [5.41, 5.74) is 14.6. The molecule has 8 aromatic carbocycles.